The number of sulfonamides is 1. The number of aromatic nitrogens is 1. The lowest BCUT2D eigenvalue weighted by Crippen LogP contribution is -2.37. The van der Waals surface area contributed by atoms with Crippen molar-refractivity contribution in [3.63, 3.8) is 0 Å². The SMILES string of the molecule is COc1ccc2nc(N(/N=C/c3cc(OC)c(OC)c(OC)c3)C(=O)c3ccc(S(=O)(=O)N(CC(C)C)CC(C)C)cc3)sc2c1. The van der Waals surface area contributed by atoms with Gasteiger partial charge in [0.25, 0.3) is 5.91 Å². The first-order chi connectivity index (χ1) is 21.9. The highest BCUT2D eigenvalue weighted by molar-refractivity contribution is 7.89. The number of rotatable bonds is 14. The Kier molecular flexibility index (Phi) is 11.3. The number of hydrogen-bond donors (Lipinski definition) is 0. The molecule has 0 atom stereocenters. The average molecular weight is 669 g/mol. The van der Waals surface area contributed by atoms with E-state index < -0.39 is 15.9 Å². The number of methoxy groups -OCH3 is 4. The van der Waals surface area contributed by atoms with Crippen molar-refractivity contribution in [1.82, 2.24) is 9.29 Å². The highest BCUT2D eigenvalue weighted by Gasteiger charge is 2.27. The van der Waals surface area contributed by atoms with Crippen molar-refractivity contribution >= 4 is 48.8 Å². The lowest BCUT2D eigenvalue weighted by atomic mass is 10.2. The molecule has 0 aliphatic heterocycles. The molecule has 246 valence electrons. The molecule has 0 radical (unpaired) electrons. The van der Waals surface area contributed by atoms with E-state index in [0.717, 1.165) is 4.70 Å². The Morgan fingerprint density at radius 3 is 2.00 bits per heavy atom. The van der Waals surface area contributed by atoms with Crippen molar-refractivity contribution in [2.75, 3.05) is 46.5 Å². The smallest absolute Gasteiger partial charge is 0.280 e. The fourth-order valence-corrected chi connectivity index (χ4v) is 7.44. The molecule has 0 saturated heterocycles. The predicted octanol–water partition coefficient (Wildman–Crippen LogP) is 6.31. The summed E-state index contributed by atoms with van der Waals surface area (Å²) in [5.41, 5.74) is 1.47. The van der Waals surface area contributed by atoms with Gasteiger partial charge in [0.2, 0.25) is 20.9 Å². The Balaban J connectivity index is 1.75. The molecule has 4 aromatic rings. The first kappa shape index (κ1) is 34.7. The lowest BCUT2D eigenvalue weighted by Gasteiger charge is -2.25. The molecule has 0 aliphatic carbocycles. The summed E-state index contributed by atoms with van der Waals surface area (Å²) in [6.45, 7) is 8.72. The predicted molar refractivity (Wildman–Crippen MR) is 182 cm³/mol. The fraction of sp³-hybridized carbons (Fsp3) is 0.364. The van der Waals surface area contributed by atoms with Crippen LogP contribution in [-0.4, -0.2) is 71.4 Å². The Bertz CT molecular complexity index is 1770. The molecule has 0 N–H and O–H groups in total. The third kappa shape index (κ3) is 7.77. The number of hydrazone groups is 1. The van der Waals surface area contributed by atoms with Crippen LogP contribution >= 0.6 is 11.3 Å². The minimum Gasteiger partial charge on any atom is -0.497 e. The summed E-state index contributed by atoms with van der Waals surface area (Å²) in [6, 6.07) is 14.8. The van der Waals surface area contributed by atoms with Crippen LogP contribution in [0.15, 0.2) is 64.6 Å². The molecule has 11 nitrogen and oxygen atoms in total. The largest absolute Gasteiger partial charge is 0.497 e. The first-order valence-electron chi connectivity index (χ1n) is 14.6. The standard InChI is InChI=1S/C33H40N4O7S2/c1-21(2)19-36(20-22(3)4)46(39,40)26-12-9-24(10-13-26)32(38)37(33-35-27-14-11-25(41-5)17-30(27)45-33)34-18-23-15-28(42-6)31(44-8)29(16-23)43-7/h9-18,21-22H,19-20H2,1-8H3/b34-18+. The van der Waals surface area contributed by atoms with Crippen molar-refractivity contribution in [1.29, 1.82) is 0 Å². The van der Waals surface area contributed by atoms with Gasteiger partial charge in [-0.3, -0.25) is 4.79 Å². The summed E-state index contributed by atoms with van der Waals surface area (Å²) in [5, 5.41) is 6.05. The molecule has 3 aromatic carbocycles. The molecule has 0 spiro atoms. The molecular weight excluding hydrogens is 629 g/mol. The molecule has 1 aromatic heterocycles. The van der Waals surface area contributed by atoms with Crippen molar-refractivity contribution in [3.8, 4) is 23.0 Å². The Morgan fingerprint density at radius 2 is 1.48 bits per heavy atom. The molecule has 0 saturated carbocycles. The summed E-state index contributed by atoms with van der Waals surface area (Å²) in [7, 11) is 2.34. The van der Waals surface area contributed by atoms with Gasteiger partial charge >= 0.3 is 0 Å². The molecule has 0 fully saturated rings. The van der Waals surface area contributed by atoms with Crippen LogP contribution in [0.3, 0.4) is 0 Å². The summed E-state index contributed by atoms with van der Waals surface area (Å²) in [4.78, 5) is 18.8. The zero-order chi connectivity index (χ0) is 33.6. The average Bonchev–Trinajstić information content (AvgIpc) is 3.46. The molecule has 0 bridgehead atoms. The summed E-state index contributed by atoms with van der Waals surface area (Å²) in [5.74, 6) is 1.73. The normalized spacial score (nSPS) is 12.0. The number of carbonyl (C=O) groups is 1. The van der Waals surface area contributed by atoms with E-state index in [1.165, 1.54) is 72.5 Å². The van der Waals surface area contributed by atoms with E-state index in [4.69, 9.17) is 18.9 Å². The maximum atomic E-state index is 14.0. The van der Waals surface area contributed by atoms with E-state index in [1.807, 2.05) is 33.8 Å². The van der Waals surface area contributed by atoms with Crippen molar-refractivity contribution in [3.05, 3.63) is 65.7 Å². The molecule has 0 aliphatic rings. The van der Waals surface area contributed by atoms with Crippen LogP contribution in [0.1, 0.15) is 43.6 Å². The molecular formula is C33H40N4O7S2. The fourth-order valence-electron chi connectivity index (χ4n) is 4.73. The maximum Gasteiger partial charge on any atom is 0.280 e. The second kappa shape index (κ2) is 14.9. The number of nitrogens with zero attached hydrogens (tertiary/aromatic N) is 4. The van der Waals surface area contributed by atoms with Crippen LogP contribution in [-0.2, 0) is 10.0 Å². The van der Waals surface area contributed by atoms with Gasteiger partial charge in [0.15, 0.2) is 11.5 Å². The number of carbonyl (C=O) groups excluding carboxylic acids is 1. The number of thiazole rings is 1. The van der Waals surface area contributed by atoms with Gasteiger partial charge in [-0.05, 0) is 66.4 Å². The van der Waals surface area contributed by atoms with Crippen LogP contribution in [0.2, 0.25) is 0 Å². The van der Waals surface area contributed by atoms with E-state index in [1.54, 1.807) is 31.4 Å². The maximum absolute atomic E-state index is 14.0. The van der Waals surface area contributed by atoms with Crippen molar-refractivity contribution in [2.45, 2.75) is 32.6 Å². The highest BCUT2D eigenvalue weighted by Crippen LogP contribution is 2.38. The van der Waals surface area contributed by atoms with E-state index >= 15 is 0 Å². The lowest BCUT2D eigenvalue weighted by molar-refractivity contribution is 0.0987. The van der Waals surface area contributed by atoms with Gasteiger partial charge < -0.3 is 18.9 Å². The van der Waals surface area contributed by atoms with Crippen LogP contribution in [0.4, 0.5) is 5.13 Å². The van der Waals surface area contributed by atoms with Gasteiger partial charge in [-0.15, -0.1) is 0 Å². The third-order valence-corrected chi connectivity index (χ3v) is 9.68. The molecule has 0 unspecified atom stereocenters. The Morgan fingerprint density at radius 1 is 0.870 bits per heavy atom. The van der Waals surface area contributed by atoms with Crippen molar-refractivity contribution < 1.29 is 32.2 Å². The molecule has 46 heavy (non-hydrogen) atoms. The number of fused-ring (bicyclic) bond motifs is 1. The molecule has 13 heteroatoms. The van der Waals surface area contributed by atoms with Crippen LogP contribution < -0.4 is 24.0 Å². The Hall–Kier alpha value is -4.20. The molecule has 1 amide bonds. The zero-order valence-electron chi connectivity index (χ0n) is 27.3. The zero-order valence-corrected chi connectivity index (χ0v) is 28.9. The van der Waals surface area contributed by atoms with Crippen LogP contribution in [0.25, 0.3) is 10.2 Å². The first-order valence-corrected chi connectivity index (χ1v) is 16.9. The van der Waals surface area contributed by atoms with Crippen LogP contribution in [0.5, 0.6) is 23.0 Å². The van der Waals surface area contributed by atoms with E-state index in [9.17, 15) is 13.2 Å². The van der Waals surface area contributed by atoms with E-state index in [-0.39, 0.29) is 22.3 Å². The highest BCUT2D eigenvalue weighted by atomic mass is 32.2. The molecule has 1 heterocycles. The number of ether oxygens (including phenoxy) is 4. The van der Waals surface area contributed by atoms with Crippen molar-refractivity contribution in [2.24, 2.45) is 16.9 Å². The summed E-state index contributed by atoms with van der Waals surface area (Å²) >= 11 is 1.27. The monoisotopic (exact) mass is 668 g/mol. The van der Waals surface area contributed by atoms with E-state index in [0.29, 0.717) is 52.3 Å². The van der Waals surface area contributed by atoms with Gasteiger partial charge in [-0.2, -0.15) is 14.4 Å². The van der Waals surface area contributed by atoms with E-state index in [2.05, 4.69) is 10.1 Å². The third-order valence-electron chi connectivity index (χ3n) is 6.84. The van der Waals surface area contributed by atoms with Gasteiger partial charge in [-0.25, -0.2) is 13.4 Å². The number of benzene rings is 3. The number of hydrogen-bond acceptors (Lipinski definition) is 10. The number of anilines is 1. The second-order valence-corrected chi connectivity index (χ2v) is 14.2. The summed E-state index contributed by atoms with van der Waals surface area (Å²) < 4.78 is 51.1. The minimum absolute atomic E-state index is 0.116. The second-order valence-electron chi connectivity index (χ2n) is 11.3. The van der Waals surface area contributed by atoms with Gasteiger partial charge in [-0.1, -0.05) is 39.0 Å². The number of amides is 1. The minimum atomic E-state index is -3.77. The Labute approximate surface area is 274 Å². The van der Waals surface area contributed by atoms with Crippen LogP contribution in [0, 0.1) is 11.8 Å². The van der Waals surface area contributed by atoms with Gasteiger partial charge in [0, 0.05) is 24.2 Å². The van der Waals surface area contributed by atoms with Gasteiger partial charge in [0.1, 0.15) is 5.75 Å². The summed E-state index contributed by atoms with van der Waals surface area (Å²) in [6.07, 6.45) is 1.49. The quantitative estimate of drug-likeness (QED) is 0.113. The van der Waals surface area contributed by atoms with Gasteiger partial charge in [0.05, 0.1) is 49.8 Å². The topological polar surface area (TPSA) is 120 Å². The molecule has 4 rings (SSSR count).